The van der Waals surface area contributed by atoms with E-state index in [1.165, 1.54) is 12.8 Å². The molecule has 98 valence electrons. The molecule has 0 heterocycles. The molecule has 0 saturated heterocycles. The van der Waals surface area contributed by atoms with Gasteiger partial charge in [0.25, 0.3) is 0 Å². The zero-order chi connectivity index (χ0) is 11.1. The number of hydrogen-bond acceptors (Lipinski definition) is 4. The van der Waals surface area contributed by atoms with Crippen LogP contribution in [0.25, 0.3) is 0 Å². The lowest BCUT2D eigenvalue weighted by Gasteiger charge is -2.29. The highest BCUT2D eigenvalue weighted by Crippen LogP contribution is 2.38. The summed E-state index contributed by atoms with van der Waals surface area (Å²) in [5, 5.41) is 3.49. The molecule has 1 saturated carbocycles. The Labute approximate surface area is 105 Å². The van der Waals surface area contributed by atoms with E-state index in [4.69, 9.17) is 15.2 Å². The lowest BCUT2D eigenvalue weighted by molar-refractivity contribution is 0.0686. The van der Waals surface area contributed by atoms with E-state index in [-0.39, 0.29) is 17.9 Å². The Morgan fingerprint density at radius 2 is 2.00 bits per heavy atom. The summed E-state index contributed by atoms with van der Waals surface area (Å²) in [6.07, 6.45) is 2.62. The number of methoxy groups -OCH3 is 1. The average molecular weight is 253 g/mol. The van der Waals surface area contributed by atoms with E-state index in [0.29, 0.717) is 19.8 Å². The van der Waals surface area contributed by atoms with Crippen molar-refractivity contribution in [1.29, 1.82) is 0 Å². The van der Waals surface area contributed by atoms with Crippen molar-refractivity contribution in [2.75, 3.05) is 40.0 Å². The first-order valence-corrected chi connectivity index (χ1v) is 5.74. The first-order chi connectivity index (χ1) is 7.23. The summed E-state index contributed by atoms with van der Waals surface area (Å²) in [5.74, 6) is 0.765. The Kier molecular flexibility index (Phi) is 8.32. The fraction of sp³-hybridized carbons (Fsp3) is 1.00. The summed E-state index contributed by atoms with van der Waals surface area (Å²) in [4.78, 5) is 0. The highest BCUT2D eigenvalue weighted by Gasteiger charge is 2.39. The molecule has 0 amide bonds. The van der Waals surface area contributed by atoms with Crippen LogP contribution in [-0.2, 0) is 9.47 Å². The van der Waals surface area contributed by atoms with E-state index in [1.54, 1.807) is 7.11 Å². The lowest BCUT2D eigenvalue weighted by atomic mass is 9.96. The summed E-state index contributed by atoms with van der Waals surface area (Å²) >= 11 is 0. The largest absolute Gasteiger partial charge is 0.382 e. The first kappa shape index (κ1) is 16.1. The summed E-state index contributed by atoms with van der Waals surface area (Å²) in [6.45, 7) is 5.84. The third-order valence-corrected chi connectivity index (χ3v) is 3.11. The molecule has 0 bridgehead atoms. The molecule has 1 aliphatic rings. The van der Waals surface area contributed by atoms with Crippen LogP contribution in [0.5, 0.6) is 0 Å². The molecule has 0 spiro atoms. The van der Waals surface area contributed by atoms with Gasteiger partial charge in [0, 0.05) is 25.7 Å². The minimum absolute atomic E-state index is 0. The topological polar surface area (TPSA) is 56.5 Å². The van der Waals surface area contributed by atoms with Gasteiger partial charge in [-0.25, -0.2) is 0 Å². The van der Waals surface area contributed by atoms with Crippen LogP contribution < -0.4 is 11.1 Å². The van der Waals surface area contributed by atoms with Gasteiger partial charge in [-0.05, 0) is 25.7 Å². The van der Waals surface area contributed by atoms with Crippen LogP contribution in [0.4, 0.5) is 0 Å². The third-order valence-electron chi connectivity index (χ3n) is 3.11. The quantitative estimate of drug-likeness (QED) is 0.596. The van der Waals surface area contributed by atoms with Crippen LogP contribution in [0.1, 0.15) is 19.8 Å². The molecule has 0 aliphatic heterocycles. The number of nitrogens with two attached hydrogens (primary N) is 1. The Bertz CT molecular complexity index is 179. The van der Waals surface area contributed by atoms with Crippen molar-refractivity contribution in [3.05, 3.63) is 0 Å². The van der Waals surface area contributed by atoms with Crippen molar-refractivity contribution in [3.63, 3.8) is 0 Å². The van der Waals surface area contributed by atoms with Crippen LogP contribution in [0.2, 0.25) is 0 Å². The predicted molar refractivity (Wildman–Crippen MR) is 68.1 cm³/mol. The first-order valence-electron chi connectivity index (χ1n) is 5.74. The zero-order valence-electron chi connectivity index (χ0n) is 10.3. The maximum absolute atomic E-state index is 5.79. The standard InChI is InChI=1S/C11H24N2O2.ClH/c1-11(9-12,10-3-4-10)13-5-6-15-8-7-14-2;/h10,13H,3-9,12H2,1-2H3;1H. The number of nitrogens with one attached hydrogen (secondary N) is 1. The maximum Gasteiger partial charge on any atom is 0.0700 e. The van der Waals surface area contributed by atoms with Crippen LogP contribution >= 0.6 is 12.4 Å². The van der Waals surface area contributed by atoms with Gasteiger partial charge in [-0.15, -0.1) is 12.4 Å². The Hall–Kier alpha value is 0.130. The van der Waals surface area contributed by atoms with E-state index in [1.807, 2.05) is 0 Å². The van der Waals surface area contributed by atoms with Gasteiger partial charge < -0.3 is 20.5 Å². The van der Waals surface area contributed by atoms with Gasteiger partial charge >= 0.3 is 0 Å². The zero-order valence-corrected chi connectivity index (χ0v) is 11.1. The number of ether oxygens (including phenoxy) is 2. The van der Waals surface area contributed by atoms with E-state index < -0.39 is 0 Å². The molecule has 0 aromatic heterocycles. The minimum atomic E-state index is 0. The highest BCUT2D eigenvalue weighted by atomic mass is 35.5. The smallest absolute Gasteiger partial charge is 0.0700 e. The van der Waals surface area contributed by atoms with Gasteiger partial charge in [0.2, 0.25) is 0 Å². The molecule has 1 fully saturated rings. The molecule has 1 unspecified atom stereocenters. The number of halogens is 1. The number of hydrogen-bond donors (Lipinski definition) is 2. The molecular formula is C11H25ClN2O2. The Morgan fingerprint density at radius 3 is 2.50 bits per heavy atom. The van der Waals surface area contributed by atoms with E-state index in [2.05, 4.69) is 12.2 Å². The molecule has 16 heavy (non-hydrogen) atoms. The molecular weight excluding hydrogens is 228 g/mol. The third kappa shape index (κ3) is 5.46. The summed E-state index contributed by atoms with van der Waals surface area (Å²) < 4.78 is 10.3. The highest BCUT2D eigenvalue weighted by molar-refractivity contribution is 5.85. The van der Waals surface area contributed by atoms with Gasteiger partial charge in [-0.3, -0.25) is 0 Å². The molecule has 3 N–H and O–H groups in total. The number of rotatable bonds is 9. The molecule has 1 atom stereocenters. The van der Waals surface area contributed by atoms with Crippen LogP contribution in [0, 0.1) is 5.92 Å². The van der Waals surface area contributed by atoms with Crippen LogP contribution in [0.3, 0.4) is 0 Å². The Morgan fingerprint density at radius 1 is 1.31 bits per heavy atom. The summed E-state index contributed by atoms with van der Waals surface area (Å²) in [7, 11) is 1.68. The predicted octanol–water partition coefficient (Wildman–Crippen LogP) is 0.788. The van der Waals surface area contributed by atoms with E-state index in [9.17, 15) is 0 Å². The molecule has 0 aromatic rings. The van der Waals surface area contributed by atoms with Crippen molar-refractivity contribution in [2.45, 2.75) is 25.3 Å². The van der Waals surface area contributed by atoms with Gasteiger partial charge in [0.1, 0.15) is 0 Å². The van der Waals surface area contributed by atoms with Crippen molar-refractivity contribution in [2.24, 2.45) is 11.7 Å². The second kappa shape index (κ2) is 8.25. The normalized spacial score (nSPS) is 18.9. The average Bonchev–Trinajstić information content (AvgIpc) is 3.07. The molecule has 0 radical (unpaired) electrons. The van der Waals surface area contributed by atoms with Crippen molar-refractivity contribution in [1.82, 2.24) is 5.32 Å². The van der Waals surface area contributed by atoms with Gasteiger partial charge in [0.05, 0.1) is 19.8 Å². The Balaban J connectivity index is 0.00000225. The summed E-state index contributed by atoms with van der Waals surface area (Å²) in [5.41, 5.74) is 5.90. The molecule has 1 rings (SSSR count). The molecule has 5 heteroatoms. The molecule has 4 nitrogen and oxygen atoms in total. The van der Waals surface area contributed by atoms with Gasteiger partial charge in [-0.1, -0.05) is 0 Å². The van der Waals surface area contributed by atoms with Crippen LogP contribution in [-0.4, -0.2) is 45.6 Å². The fourth-order valence-corrected chi connectivity index (χ4v) is 1.76. The second-order valence-corrected chi connectivity index (χ2v) is 4.43. The van der Waals surface area contributed by atoms with E-state index in [0.717, 1.165) is 19.1 Å². The lowest BCUT2D eigenvalue weighted by Crippen LogP contribution is -2.51. The van der Waals surface area contributed by atoms with Crippen molar-refractivity contribution < 1.29 is 9.47 Å². The molecule has 0 aromatic carbocycles. The summed E-state index contributed by atoms with van der Waals surface area (Å²) in [6, 6.07) is 0. The minimum Gasteiger partial charge on any atom is -0.382 e. The van der Waals surface area contributed by atoms with Crippen molar-refractivity contribution >= 4 is 12.4 Å². The van der Waals surface area contributed by atoms with Crippen molar-refractivity contribution in [3.8, 4) is 0 Å². The van der Waals surface area contributed by atoms with E-state index >= 15 is 0 Å². The van der Waals surface area contributed by atoms with Crippen LogP contribution in [0.15, 0.2) is 0 Å². The maximum atomic E-state index is 5.79. The fourth-order valence-electron chi connectivity index (χ4n) is 1.76. The molecule has 1 aliphatic carbocycles. The second-order valence-electron chi connectivity index (χ2n) is 4.43. The van der Waals surface area contributed by atoms with Gasteiger partial charge in [-0.2, -0.15) is 0 Å². The van der Waals surface area contributed by atoms with Gasteiger partial charge in [0.15, 0.2) is 0 Å². The monoisotopic (exact) mass is 252 g/mol. The SMILES string of the molecule is COCCOCCNC(C)(CN)C1CC1.Cl.